The van der Waals surface area contributed by atoms with Gasteiger partial charge in [-0.15, -0.1) is 0 Å². The molecule has 0 atom stereocenters. The monoisotopic (exact) mass is 306 g/mol. The van der Waals surface area contributed by atoms with Crippen LogP contribution >= 0.6 is 0 Å². The maximum atomic E-state index is 11.8. The van der Waals surface area contributed by atoms with Crippen LogP contribution in [0.5, 0.6) is 5.75 Å². The lowest BCUT2D eigenvalue weighted by atomic mass is 10.0. The normalized spacial score (nSPS) is 11.2. The molecule has 0 aliphatic rings. The summed E-state index contributed by atoms with van der Waals surface area (Å²) in [6, 6.07) is 15.0. The lowest BCUT2D eigenvalue weighted by Gasteiger charge is -2.07. The Kier molecular flexibility index (Phi) is 3.15. The van der Waals surface area contributed by atoms with Crippen LogP contribution in [0.15, 0.2) is 68.4 Å². The van der Waals surface area contributed by atoms with Gasteiger partial charge in [-0.05, 0) is 47.9 Å². The van der Waals surface area contributed by atoms with E-state index in [4.69, 9.17) is 13.6 Å². The van der Waals surface area contributed by atoms with Crippen LogP contribution < -0.4 is 10.4 Å². The molecule has 0 radical (unpaired) electrons. The van der Waals surface area contributed by atoms with Gasteiger partial charge >= 0.3 is 5.63 Å². The predicted octanol–water partition coefficient (Wildman–Crippen LogP) is 4.14. The fourth-order valence-electron chi connectivity index (χ4n) is 2.83. The Labute approximate surface area is 131 Å². The van der Waals surface area contributed by atoms with Crippen LogP contribution in [0.2, 0.25) is 0 Å². The van der Waals surface area contributed by atoms with Gasteiger partial charge in [0.1, 0.15) is 16.9 Å². The minimum Gasteiger partial charge on any atom is -0.497 e. The van der Waals surface area contributed by atoms with Crippen molar-refractivity contribution in [2.24, 2.45) is 0 Å². The molecule has 4 rings (SSSR count). The number of methoxy groups -OCH3 is 1. The van der Waals surface area contributed by atoms with Crippen molar-refractivity contribution < 1.29 is 13.6 Å². The maximum absolute atomic E-state index is 11.8. The van der Waals surface area contributed by atoms with Crippen molar-refractivity contribution in [3.8, 4) is 5.75 Å². The highest BCUT2D eigenvalue weighted by atomic mass is 16.5. The fourth-order valence-corrected chi connectivity index (χ4v) is 2.83. The second-order valence-corrected chi connectivity index (χ2v) is 5.42. The first-order valence-electron chi connectivity index (χ1n) is 7.30. The van der Waals surface area contributed by atoms with Gasteiger partial charge in [-0.1, -0.05) is 6.07 Å². The minimum absolute atomic E-state index is 0.356. The van der Waals surface area contributed by atoms with Crippen molar-refractivity contribution in [1.29, 1.82) is 0 Å². The molecule has 0 amide bonds. The zero-order chi connectivity index (χ0) is 15.8. The Morgan fingerprint density at radius 1 is 1.00 bits per heavy atom. The largest absolute Gasteiger partial charge is 0.497 e. The summed E-state index contributed by atoms with van der Waals surface area (Å²) in [6.07, 6.45) is 2.32. The molecular formula is C19H14O4. The van der Waals surface area contributed by atoms with Crippen molar-refractivity contribution in [2.45, 2.75) is 6.42 Å². The van der Waals surface area contributed by atoms with Crippen LogP contribution in [0.25, 0.3) is 21.9 Å². The van der Waals surface area contributed by atoms with Gasteiger partial charge in [0.2, 0.25) is 0 Å². The van der Waals surface area contributed by atoms with Gasteiger partial charge in [-0.25, -0.2) is 4.79 Å². The highest BCUT2D eigenvalue weighted by molar-refractivity contribution is 5.82. The van der Waals surface area contributed by atoms with E-state index in [0.717, 1.165) is 27.5 Å². The van der Waals surface area contributed by atoms with Crippen LogP contribution in [-0.4, -0.2) is 7.11 Å². The molecule has 0 saturated carbocycles. The van der Waals surface area contributed by atoms with E-state index in [2.05, 4.69) is 6.07 Å². The number of hydrogen-bond donors (Lipinski definition) is 0. The highest BCUT2D eigenvalue weighted by Gasteiger charge is 2.08. The molecule has 0 fully saturated rings. The molecule has 23 heavy (non-hydrogen) atoms. The molecule has 0 saturated heterocycles. The zero-order valence-corrected chi connectivity index (χ0v) is 12.5. The third kappa shape index (κ3) is 2.48. The molecule has 0 unspecified atom stereocenters. The summed E-state index contributed by atoms with van der Waals surface area (Å²) < 4.78 is 15.8. The van der Waals surface area contributed by atoms with E-state index < -0.39 is 0 Å². The van der Waals surface area contributed by atoms with Crippen molar-refractivity contribution >= 4 is 21.9 Å². The standard InChI is InChI=1S/C19H14O4/c1-21-15-3-4-16-14(10-19(20)23-18(16)11-15)9-12-2-5-17-13(8-12)6-7-22-17/h2-8,10-11H,9H2,1H3. The molecule has 0 N–H and O–H groups in total. The Bertz CT molecular complexity index is 1060. The Morgan fingerprint density at radius 2 is 1.91 bits per heavy atom. The molecule has 114 valence electrons. The topological polar surface area (TPSA) is 52.6 Å². The van der Waals surface area contributed by atoms with Gasteiger partial charge in [0, 0.05) is 22.9 Å². The van der Waals surface area contributed by atoms with Crippen molar-refractivity contribution in [3.05, 3.63) is 76.3 Å². The summed E-state index contributed by atoms with van der Waals surface area (Å²) >= 11 is 0. The van der Waals surface area contributed by atoms with Gasteiger partial charge in [-0.3, -0.25) is 0 Å². The van der Waals surface area contributed by atoms with Gasteiger partial charge in [-0.2, -0.15) is 0 Å². The average molecular weight is 306 g/mol. The van der Waals surface area contributed by atoms with E-state index in [9.17, 15) is 4.79 Å². The van der Waals surface area contributed by atoms with E-state index in [1.165, 1.54) is 0 Å². The first kappa shape index (κ1) is 13.6. The molecule has 2 heterocycles. The number of ether oxygens (including phenoxy) is 1. The van der Waals surface area contributed by atoms with Crippen LogP contribution in [0, 0.1) is 0 Å². The quantitative estimate of drug-likeness (QED) is 0.534. The zero-order valence-electron chi connectivity index (χ0n) is 12.5. The van der Waals surface area contributed by atoms with Crippen LogP contribution in [-0.2, 0) is 6.42 Å². The van der Waals surface area contributed by atoms with Gasteiger partial charge in [0.15, 0.2) is 0 Å². The lowest BCUT2D eigenvalue weighted by Crippen LogP contribution is -2.01. The van der Waals surface area contributed by atoms with E-state index in [0.29, 0.717) is 17.8 Å². The molecular weight excluding hydrogens is 292 g/mol. The summed E-state index contributed by atoms with van der Waals surface area (Å²) in [4.78, 5) is 11.8. The average Bonchev–Trinajstić information content (AvgIpc) is 3.01. The van der Waals surface area contributed by atoms with E-state index in [-0.39, 0.29) is 5.63 Å². The van der Waals surface area contributed by atoms with Crippen LogP contribution in [0.3, 0.4) is 0 Å². The lowest BCUT2D eigenvalue weighted by molar-refractivity contribution is 0.414. The Hall–Kier alpha value is -3.01. The summed E-state index contributed by atoms with van der Waals surface area (Å²) in [6.45, 7) is 0. The maximum Gasteiger partial charge on any atom is 0.336 e. The van der Waals surface area contributed by atoms with E-state index in [1.807, 2.05) is 30.3 Å². The third-order valence-corrected chi connectivity index (χ3v) is 3.95. The molecule has 4 nitrogen and oxygen atoms in total. The molecule has 4 aromatic rings. The summed E-state index contributed by atoms with van der Waals surface area (Å²) in [5.74, 6) is 0.664. The molecule has 2 aromatic carbocycles. The third-order valence-electron chi connectivity index (χ3n) is 3.95. The minimum atomic E-state index is -0.356. The molecule has 4 heteroatoms. The van der Waals surface area contributed by atoms with Gasteiger partial charge in [0.05, 0.1) is 13.4 Å². The number of benzene rings is 2. The molecule has 0 aliphatic heterocycles. The summed E-state index contributed by atoms with van der Waals surface area (Å²) in [7, 11) is 1.59. The van der Waals surface area contributed by atoms with E-state index in [1.54, 1.807) is 25.5 Å². The Morgan fingerprint density at radius 3 is 2.78 bits per heavy atom. The smallest absolute Gasteiger partial charge is 0.336 e. The summed E-state index contributed by atoms with van der Waals surface area (Å²) in [5, 5.41) is 1.97. The second kappa shape index (κ2) is 5.32. The summed E-state index contributed by atoms with van der Waals surface area (Å²) in [5.41, 5.74) is 3.08. The first-order valence-corrected chi connectivity index (χ1v) is 7.30. The van der Waals surface area contributed by atoms with Crippen LogP contribution in [0.1, 0.15) is 11.1 Å². The first-order chi connectivity index (χ1) is 11.2. The highest BCUT2D eigenvalue weighted by Crippen LogP contribution is 2.25. The number of furan rings is 1. The molecule has 0 bridgehead atoms. The Balaban J connectivity index is 1.82. The SMILES string of the molecule is COc1ccc2c(Cc3ccc4occc4c3)cc(=O)oc2c1. The van der Waals surface area contributed by atoms with Crippen LogP contribution in [0.4, 0.5) is 0 Å². The van der Waals surface area contributed by atoms with E-state index >= 15 is 0 Å². The second-order valence-electron chi connectivity index (χ2n) is 5.42. The molecule has 2 aromatic heterocycles. The fraction of sp³-hybridized carbons (Fsp3) is 0.105. The molecule has 0 spiro atoms. The van der Waals surface area contributed by atoms with Gasteiger partial charge in [0.25, 0.3) is 0 Å². The predicted molar refractivity (Wildman–Crippen MR) is 88.1 cm³/mol. The van der Waals surface area contributed by atoms with Gasteiger partial charge < -0.3 is 13.6 Å². The number of fused-ring (bicyclic) bond motifs is 2. The van der Waals surface area contributed by atoms with Crippen molar-refractivity contribution in [1.82, 2.24) is 0 Å². The number of rotatable bonds is 3. The number of hydrogen-bond acceptors (Lipinski definition) is 4. The van der Waals surface area contributed by atoms with Crippen molar-refractivity contribution in [3.63, 3.8) is 0 Å². The van der Waals surface area contributed by atoms with Crippen molar-refractivity contribution in [2.75, 3.05) is 7.11 Å². The molecule has 0 aliphatic carbocycles.